The molecule has 0 aliphatic carbocycles. The normalized spacial score (nSPS) is 15.5. The van der Waals surface area contributed by atoms with Crippen LogP contribution in [0.3, 0.4) is 0 Å². The first-order valence-electron chi connectivity index (χ1n) is 12.2. The summed E-state index contributed by atoms with van der Waals surface area (Å²) in [7, 11) is 0. The van der Waals surface area contributed by atoms with Crippen molar-refractivity contribution in [3.63, 3.8) is 0 Å². The second-order valence-corrected chi connectivity index (χ2v) is 10.1. The monoisotopic (exact) mass is 486 g/mol. The number of amides is 2. The summed E-state index contributed by atoms with van der Waals surface area (Å²) in [5.74, 6) is 0.128. The number of benzene rings is 2. The first-order chi connectivity index (χ1) is 17.0. The SMILES string of the molecule is Cc1cccc(N2CCN(C(=O)CCCN3C(=O)c4ccccc4Sc4ncccc43)CC2)c1C. The maximum atomic E-state index is 13.4. The van der Waals surface area contributed by atoms with E-state index in [1.807, 2.05) is 41.3 Å². The van der Waals surface area contributed by atoms with E-state index in [1.54, 1.807) is 11.1 Å². The van der Waals surface area contributed by atoms with Gasteiger partial charge in [0.05, 0.1) is 11.3 Å². The van der Waals surface area contributed by atoms with Crippen LogP contribution in [0.2, 0.25) is 0 Å². The zero-order valence-corrected chi connectivity index (χ0v) is 21.1. The van der Waals surface area contributed by atoms with E-state index in [-0.39, 0.29) is 11.8 Å². The summed E-state index contributed by atoms with van der Waals surface area (Å²) >= 11 is 1.52. The van der Waals surface area contributed by atoms with E-state index in [1.165, 1.54) is 28.6 Å². The maximum absolute atomic E-state index is 13.4. The fourth-order valence-electron chi connectivity index (χ4n) is 4.80. The van der Waals surface area contributed by atoms with Crippen molar-refractivity contribution in [2.75, 3.05) is 42.5 Å². The number of pyridine rings is 1. The van der Waals surface area contributed by atoms with E-state index in [4.69, 9.17) is 0 Å². The predicted molar refractivity (Wildman–Crippen MR) is 140 cm³/mol. The molecule has 2 amide bonds. The smallest absolute Gasteiger partial charge is 0.259 e. The van der Waals surface area contributed by atoms with Crippen molar-refractivity contribution < 1.29 is 9.59 Å². The van der Waals surface area contributed by atoms with E-state index in [0.29, 0.717) is 24.9 Å². The maximum Gasteiger partial charge on any atom is 0.259 e. The van der Waals surface area contributed by atoms with Gasteiger partial charge in [0.1, 0.15) is 5.03 Å². The van der Waals surface area contributed by atoms with Gasteiger partial charge >= 0.3 is 0 Å². The predicted octanol–water partition coefficient (Wildman–Crippen LogP) is 4.94. The molecule has 180 valence electrons. The van der Waals surface area contributed by atoms with E-state index < -0.39 is 0 Å². The number of nitrogens with zero attached hydrogens (tertiary/aromatic N) is 4. The first kappa shape index (κ1) is 23.4. The Hall–Kier alpha value is -3.32. The van der Waals surface area contributed by atoms with Gasteiger partial charge in [0, 0.05) is 55.9 Å². The largest absolute Gasteiger partial charge is 0.368 e. The average Bonchev–Trinajstić information content (AvgIpc) is 3.00. The van der Waals surface area contributed by atoms with Crippen molar-refractivity contribution in [1.82, 2.24) is 9.88 Å². The molecule has 6 nitrogen and oxygen atoms in total. The second-order valence-electron chi connectivity index (χ2n) is 9.07. The number of aromatic nitrogens is 1. The molecule has 0 radical (unpaired) electrons. The lowest BCUT2D eigenvalue weighted by Crippen LogP contribution is -2.49. The van der Waals surface area contributed by atoms with Crippen molar-refractivity contribution >= 4 is 35.0 Å². The fourth-order valence-corrected chi connectivity index (χ4v) is 5.82. The number of rotatable bonds is 5. The van der Waals surface area contributed by atoms with E-state index in [0.717, 1.165) is 41.8 Å². The molecule has 35 heavy (non-hydrogen) atoms. The van der Waals surface area contributed by atoms with Gasteiger partial charge in [0.2, 0.25) is 5.91 Å². The van der Waals surface area contributed by atoms with Gasteiger partial charge in [-0.2, -0.15) is 0 Å². The van der Waals surface area contributed by atoms with Gasteiger partial charge in [0.25, 0.3) is 5.91 Å². The van der Waals surface area contributed by atoms with E-state index in [9.17, 15) is 9.59 Å². The van der Waals surface area contributed by atoms with Crippen LogP contribution >= 0.6 is 11.8 Å². The molecular formula is C28H30N4O2S. The Balaban J connectivity index is 1.20. The molecule has 0 spiro atoms. The van der Waals surface area contributed by atoms with Crippen LogP contribution < -0.4 is 9.80 Å². The highest BCUT2D eigenvalue weighted by molar-refractivity contribution is 7.99. The Kier molecular flexibility index (Phi) is 6.77. The van der Waals surface area contributed by atoms with Gasteiger partial charge < -0.3 is 14.7 Å². The van der Waals surface area contributed by atoms with Crippen LogP contribution in [0.15, 0.2) is 70.7 Å². The summed E-state index contributed by atoms with van der Waals surface area (Å²) in [4.78, 5) is 37.9. The van der Waals surface area contributed by atoms with Crippen LogP contribution in [0.1, 0.15) is 34.3 Å². The minimum Gasteiger partial charge on any atom is -0.368 e. The van der Waals surface area contributed by atoms with Gasteiger partial charge in [-0.05, 0) is 61.7 Å². The highest BCUT2D eigenvalue weighted by Crippen LogP contribution is 2.39. The first-order valence-corrected chi connectivity index (χ1v) is 13.0. The van der Waals surface area contributed by atoms with Gasteiger partial charge in [-0.1, -0.05) is 36.0 Å². The summed E-state index contributed by atoms with van der Waals surface area (Å²) in [5.41, 5.74) is 5.37. The van der Waals surface area contributed by atoms with Crippen molar-refractivity contribution in [2.45, 2.75) is 36.6 Å². The Labute approximate surface area is 210 Å². The third-order valence-electron chi connectivity index (χ3n) is 6.93. The second kappa shape index (κ2) is 10.1. The molecule has 3 aromatic rings. The van der Waals surface area contributed by atoms with Crippen molar-refractivity contribution in [2.24, 2.45) is 0 Å². The molecule has 1 saturated heterocycles. The molecule has 0 atom stereocenters. The minimum absolute atomic E-state index is 0.0329. The molecule has 7 heteroatoms. The highest BCUT2D eigenvalue weighted by Gasteiger charge is 2.28. The van der Waals surface area contributed by atoms with Crippen LogP contribution in [0, 0.1) is 13.8 Å². The molecule has 2 aliphatic rings. The molecule has 1 aromatic heterocycles. The highest BCUT2D eigenvalue weighted by atomic mass is 32.2. The number of carbonyl (C=O) groups excluding carboxylic acids is 2. The summed E-state index contributed by atoms with van der Waals surface area (Å²) in [6, 6.07) is 17.9. The summed E-state index contributed by atoms with van der Waals surface area (Å²) in [5, 5.41) is 0.819. The lowest BCUT2D eigenvalue weighted by Gasteiger charge is -2.37. The molecule has 2 aliphatic heterocycles. The molecule has 0 saturated carbocycles. The molecule has 2 aromatic carbocycles. The van der Waals surface area contributed by atoms with Crippen LogP contribution in [-0.4, -0.2) is 54.4 Å². The molecule has 1 fully saturated rings. The topological polar surface area (TPSA) is 56.8 Å². The van der Waals surface area contributed by atoms with Crippen LogP contribution in [0.25, 0.3) is 0 Å². The zero-order chi connectivity index (χ0) is 24.4. The molecule has 0 unspecified atom stereocenters. The van der Waals surface area contributed by atoms with Crippen molar-refractivity contribution in [3.8, 4) is 0 Å². The number of fused-ring (bicyclic) bond motifs is 2. The third-order valence-corrected chi connectivity index (χ3v) is 8.02. The number of carbonyl (C=O) groups is 2. The summed E-state index contributed by atoms with van der Waals surface area (Å²) < 4.78 is 0. The molecule has 3 heterocycles. The number of hydrogen-bond donors (Lipinski definition) is 0. The van der Waals surface area contributed by atoms with Gasteiger partial charge in [-0.25, -0.2) is 4.98 Å². The van der Waals surface area contributed by atoms with Gasteiger partial charge in [0.15, 0.2) is 0 Å². The van der Waals surface area contributed by atoms with E-state index >= 15 is 0 Å². The average molecular weight is 487 g/mol. The standard InChI is InChI=1S/C28H30N4O2S/c1-20-8-5-10-23(21(20)2)30-16-18-31(19-17-30)26(33)13-7-15-32-24-11-6-14-29-27(24)35-25-12-4-3-9-22(25)28(32)34/h3-6,8-12,14H,7,13,15-19H2,1-2H3. The minimum atomic E-state index is -0.0329. The number of hydrogen-bond acceptors (Lipinski definition) is 5. The Morgan fingerprint density at radius 2 is 1.71 bits per heavy atom. The summed E-state index contributed by atoms with van der Waals surface area (Å²) in [6.07, 6.45) is 2.80. The summed E-state index contributed by atoms with van der Waals surface area (Å²) in [6.45, 7) is 7.93. The Morgan fingerprint density at radius 1 is 0.943 bits per heavy atom. The molecule has 0 bridgehead atoms. The van der Waals surface area contributed by atoms with Crippen LogP contribution in [0.5, 0.6) is 0 Å². The van der Waals surface area contributed by atoms with E-state index in [2.05, 4.69) is 41.9 Å². The zero-order valence-electron chi connectivity index (χ0n) is 20.2. The van der Waals surface area contributed by atoms with Crippen LogP contribution in [-0.2, 0) is 4.79 Å². The lowest BCUT2D eigenvalue weighted by atomic mass is 10.1. The Bertz CT molecular complexity index is 1250. The fraction of sp³-hybridized carbons (Fsp3) is 0.321. The number of aryl methyl sites for hydroxylation is 1. The molecular weight excluding hydrogens is 456 g/mol. The molecule has 5 rings (SSSR count). The molecule has 0 N–H and O–H groups in total. The number of anilines is 2. The van der Waals surface area contributed by atoms with Gasteiger partial charge in [-0.3, -0.25) is 9.59 Å². The quantitative estimate of drug-likeness (QED) is 0.511. The number of piperazine rings is 1. The van der Waals surface area contributed by atoms with Gasteiger partial charge in [-0.15, -0.1) is 0 Å². The third kappa shape index (κ3) is 4.78. The lowest BCUT2D eigenvalue weighted by molar-refractivity contribution is -0.131. The Morgan fingerprint density at radius 3 is 2.54 bits per heavy atom. The van der Waals surface area contributed by atoms with Crippen LogP contribution in [0.4, 0.5) is 11.4 Å². The van der Waals surface area contributed by atoms with Crippen molar-refractivity contribution in [3.05, 3.63) is 77.5 Å². The van der Waals surface area contributed by atoms with Crippen molar-refractivity contribution in [1.29, 1.82) is 0 Å².